The summed E-state index contributed by atoms with van der Waals surface area (Å²) in [4.78, 5) is 4.06. The standard InChI is InChI=1S/C13H20Br2N2S/c1-13(2,3)11(17-6-4-16-5-7-17)10-8-9(14)12(15)18-10/h8,11,16H,4-7H2,1-3H3/t11-/m1/s1. The zero-order valence-electron chi connectivity index (χ0n) is 11.1. The van der Waals surface area contributed by atoms with Gasteiger partial charge in [0, 0.05) is 41.6 Å². The number of halogens is 2. The number of rotatable bonds is 2. The van der Waals surface area contributed by atoms with Gasteiger partial charge < -0.3 is 5.32 Å². The van der Waals surface area contributed by atoms with Gasteiger partial charge in [0.1, 0.15) is 0 Å². The third-order valence-corrected chi connectivity index (χ3v) is 6.58. The van der Waals surface area contributed by atoms with E-state index in [1.54, 1.807) is 0 Å². The van der Waals surface area contributed by atoms with Crippen LogP contribution >= 0.6 is 43.2 Å². The number of thiophene rings is 1. The van der Waals surface area contributed by atoms with Crippen LogP contribution in [-0.4, -0.2) is 31.1 Å². The summed E-state index contributed by atoms with van der Waals surface area (Å²) in [5, 5.41) is 3.43. The maximum Gasteiger partial charge on any atom is 0.0843 e. The van der Waals surface area contributed by atoms with Crippen LogP contribution in [0.25, 0.3) is 0 Å². The summed E-state index contributed by atoms with van der Waals surface area (Å²) in [6, 6.07) is 2.76. The Morgan fingerprint density at radius 3 is 2.33 bits per heavy atom. The Morgan fingerprint density at radius 1 is 1.28 bits per heavy atom. The molecule has 2 nitrogen and oxygen atoms in total. The molecule has 18 heavy (non-hydrogen) atoms. The van der Waals surface area contributed by atoms with Gasteiger partial charge in [-0.15, -0.1) is 11.3 Å². The lowest BCUT2D eigenvalue weighted by atomic mass is 9.84. The molecule has 1 aromatic heterocycles. The molecule has 0 bridgehead atoms. The smallest absolute Gasteiger partial charge is 0.0843 e. The maximum absolute atomic E-state index is 3.62. The van der Waals surface area contributed by atoms with E-state index in [0.717, 1.165) is 26.2 Å². The van der Waals surface area contributed by atoms with Crippen LogP contribution in [0.1, 0.15) is 31.7 Å². The SMILES string of the molecule is CC(C)(C)[C@@H](c1cc(Br)c(Br)s1)N1CCNCC1. The Kier molecular flexibility index (Phi) is 4.92. The van der Waals surface area contributed by atoms with Crippen molar-refractivity contribution in [2.45, 2.75) is 26.8 Å². The second kappa shape index (κ2) is 5.92. The molecule has 5 heteroatoms. The highest BCUT2D eigenvalue weighted by Crippen LogP contribution is 2.44. The lowest BCUT2D eigenvalue weighted by molar-refractivity contribution is 0.0888. The molecule has 102 valence electrons. The summed E-state index contributed by atoms with van der Waals surface area (Å²) in [6.07, 6.45) is 0. The molecule has 1 saturated heterocycles. The van der Waals surface area contributed by atoms with E-state index in [2.05, 4.69) is 68.9 Å². The minimum absolute atomic E-state index is 0.251. The van der Waals surface area contributed by atoms with E-state index in [0.29, 0.717) is 6.04 Å². The van der Waals surface area contributed by atoms with Gasteiger partial charge in [-0.2, -0.15) is 0 Å². The van der Waals surface area contributed by atoms with E-state index in [1.807, 2.05) is 11.3 Å². The van der Waals surface area contributed by atoms with Gasteiger partial charge in [-0.3, -0.25) is 4.90 Å². The molecule has 1 aromatic rings. The average Bonchev–Trinajstić information content (AvgIpc) is 2.58. The first-order valence-corrected chi connectivity index (χ1v) is 8.69. The second-order valence-electron chi connectivity index (χ2n) is 5.82. The molecule has 1 fully saturated rings. The van der Waals surface area contributed by atoms with E-state index in [9.17, 15) is 0 Å². The van der Waals surface area contributed by atoms with Gasteiger partial charge in [0.15, 0.2) is 0 Å². The lowest BCUT2D eigenvalue weighted by Crippen LogP contribution is -2.48. The van der Waals surface area contributed by atoms with Gasteiger partial charge in [-0.05, 0) is 43.3 Å². The quantitative estimate of drug-likeness (QED) is 0.804. The highest BCUT2D eigenvalue weighted by molar-refractivity contribution is 9.13. The third kappa shape index (κ3) is 3.37. The van der Waals surface area contributed by atoms with Gasteiger partial charge in [0.2, 0.25) is 0 Å². The van der Waals surface area contributed by atoms with Crippen molar-refractivity contribution in [1.29, 1.82) is 0 Å². The molecule has 2 rings (SSSR count). The summed E-state index contributed by atoms with van der Waals surface area (Å²) in [5.41, 5.74) is 0.251. The molecule has 0 amide bonds. The Balaban J connectivity index is 2.30. The Morgan fingerprint density at radius 2 is 1.89 bits per heavy atom. The first-order chi connectivity index (χ1) is 8.39. The van der Waals surface area contributed by atoms with Gasteiger partial charge in [0.05, 0.1) is 3.79 Å². The predicted molar refractivity (Wildman–Crippen MR) is 86.4 cm³/mol. The fourth-order valence-electron chi connectivity index (χ4n) is 2.59. The van der Waals surface area contributed by atoms with Crippen LogP contribution in [0.5, 0.6) is 0 Å². The van der Waals surface area contributed by atoms with Crippen LogP contribution in [0.2, 0.25) is 0 Å². The molecule has 1 N–H and O–H groups in total. The summed E-state index contributed by atoms with van der Waals surface area (Å²) in [5.74, 6) is 0. The molecule has 0 aliphatic carbocycles. The number of hydrogen-bond donors (Lipinski definition) is 1. The molecule has 0 unspecified atom stereocenters. The summed E-state index contributed by atoms with van der Waals surface area (Å²) < 4.78 is 2.37. The van der Waals surface area contributed by atoms with Crippen LogP contribution < -0.4 is 5.32 Å². The Labute approximate surface area is 130 Å². The fourth-order valence-corrected chi connectivity index (χ4v) is 5.06. The van der Waals surface area contributed by atoms with Crippen molar-refractivity contribution < 1.29 is 0 Å². The molecular formula is C13H20Br2N2S. The highest BCUT2D eigenvalue weighted by Gasteiger charge is 2.33. The highest BCUT2D eigenvalue weighted by atomic mass is 79.9. The summed E-state index contributed by atoms with van der Waals surface area (Å²) >= 11 is 9.07. The van der Waals surface area contributed by atoms with Crippen molar-refractivity contribution in [2.75, 3.05) is 26.2 Å². The van der Waals surface area contributed by atoms with Crippen molar-refractivity contribution in [1.82, 2.24) is 10.2 Å². The fraction of sp³-hybridized carbons (Fsp3) is 0.692. The van der Waals surface area contributed by atoms with Crippen LogP contribution in [0.4, 0.5) is 0 Å². The molecule has 1 aliphatic heterocycles. The predicted octanol–water partition coefficient (Wildman–Crippen LogP) is 4.27. The van der Waals surface area contributed by atoms with Crippen molar-refractivity contribution in [2.24, 2.45) is 5.41 Å². The van der Waals surface area contributed by atoms with Crippen molar-refractivity contribution in [3.8, 4) is 0 Å². The van der Waals surface area contributed by atoms with Crippen molar-refractivity contribution in [3.05, 3.63) is 19.2 Å². The molecule has 0 spiro atoms. The molecular weight excluding hydrogens is 376 g/mol. The van der Waals surface area contributed by atoms with E-state index in [1.165, 1.54) is 13.1 Å². The van der Waals surface area contributed by atoms with Crippen LogP contribution in [-0.2, 0) is 0 Å². The Hall–Kier alpha value is 0.580. The number of hydrogen-bond acceptors (Lipinski definition) is 3. The Bertz CT molecular complexity index is 386. The molecule has 1 aliphatic rings. The van der Waals surface area contributed by atoms with Crippen LogP contribution in [0, 0.1) is 5.41 Å². The van der Waals surface area contributed by atoms with E-state index in [4.69, 9.17) is 0 Å². The summed E-state index contributed by atoms with van der Waals surface area (Å²) in [6.45, 7) is 11.5. The first-order valence-electron chi connectivity index (χ1n) is 6.29. The zero-order chi connectivity index (χ0) is 13.3. The number of nitrogens with one attached hydrogen (secondary N) is 1. The first kappa shape index (κ1) is 15.0. The largest absolute Gasteiger partial charge is 0.314 e. The monoisotopic (exact) mass is 394 g/mol. The van der Waals surface area contributed by atoms with Crippen molar-refractivity contribution in [3.63, 3.8) is 0 Å². The third-order valence-electron chi connectivity index (χ3n) is 3.27. The van der Waals surface area contributed by atoms with Gasteiger partial charge in [-0.25, -0.2) is 0 Å². The molecule has 2 heterocycles. The van der Waals surface area contributed by atoms with E-state index >= 15 is 0 Å². The van der Waals surface area contributed by atoms with Crippen LogP contribution in [0.3, 0.4) is 0 Å². The molecule has 0 aromatic carbocycles. The average molecular weight is 396 g/mol. The van der Waals surface area contributed by atoms with Crippen LogP contribution in [0.15, 0.2) is 14.3 Å². The normalized spacial score (nSPS) is 20.1. The molecule has 1 atom stereocenters. The minimum Gasteiger partial charge on any atom is -0.314 e. The summed E-state index contributed by atoms with van der Waals surface area (Å²) in [7, 11) is 0. The lowest BCUT2D eigenvalue weighted by Gasteiger charge is -2.41. The van der Waals surface area contributed by atoms with Crippen molar-refractivity contribution >= 4 is 43.2 Å². The van der Waals surface area contributed by atoms with Gasteiger partial charge >= 0.3 is 0 Å². The topological polar surface area (TPSA) is 15.3 Å². The minimum atomic E-state index is 0.251. The van der Waals surface area contributed by atoms with E-state index < -0.39 is 0 Å². The molecule has 0 radical (unpaired) electrons. The maximum atomic E-state index is 3.62. The zero-order valence-corrected chi connectivity index (χ0v) is 15.1. The molecule has 0 saturated carbocycles. The number of nitrogens with zero attached hydrogens (tertiary/aromatic N) is 1. The second-order valence-corrected chi connectivity index (χ2v) is 9.08. The van der Waals surface area contributed by atoms with Gasteiger partial charge in [0.25, 0.3) is 0 Å². The van der Waals surface area contributed by atoms with Gasteiger partial charge in [-0.1, -0.05) is 20.8 Å². The number of piperazine rings is 1. The van der Waals surface area contributed by atoms with E-state index in [-0.39, 0.29) is 5.41 Å².